The molecule has 2 aromatic rings. The van der Waals surface area contributed by atoms with Gasteiger partial charge in [0.25, 0.3) is 0 Å². The second-order valence-corrected chi connectivity index (χ2v) is 5.66. The van der Waals surface area contributed by atoms with E-state index in [1.807, 2.05) is 6.07 Å². The van der Waals surface area contributed by atoms with Gasteiger partial charge >= 0.3 is 12.2 Å². The molecule has 1 aliphatic heterocycles. The Kier molecular flexibility index (Phi) is 4.81. The van der Waals surface area contributed by atoms with Crippen LogP contribution >= 0.6 is 0 Å². The molecule has 0 aliphatic carbocycles. The monoisotopic (exact) mass is 395 g/mol. The fraction of sp³-hybridized carbons (Fsp3) is 0.211. The average Bonchev–Trinajstić information content (AvgIpc) is 2.66. The zero-order valence-corrected chi connectivity index (χ0v) is 14.6. The Morgan fingerprint density at radius 2 is 1.61 bits per heavy atom. The van der Waals surface area contributed by atoms with Crippen LogP contribution in [-0.2, 0) is 0 Å². The molecule has 0 bridgehead atoms. The van der Waals surface area contributed by atoms with Crippen LogP contribution in [0.3, 0.4) is 0 Å². The fourth-order valence-electron chi connectivity index (χ4n) is 2.64. The summed E-state index contributed by atoms with van der Waals surface area (Å²) in [7, 11) is 2.83. The largest absolute Gasteiger partial charge is 0.507 e. The number of para-hydroxylation sites is 1. The van der Waals surface area contributed by atoms with Crippen LogP contribution in [0.1, 0.15) is 11.1 Å². The molecule has 0 fully saturated rings. The van der Waals surface area contributed by atoms with Crippen molar-refractivity contribution in [1.82, 2.24) is 0 Å². The van der Waals surface area contributed by atoms with Gasteiger partial charge in [-0.15, -0.1) is 0 Å². The molecule has 0 N–H and O–H groups in total. The Labute approximate surface area is 157 Å². The topological polar surface area (TPSA) is 60.7 Å². The van der Waals surface area contributed by atoms with Crippen molar-refractivity contribution >= 4 is 5.57 Å². The molecule has 0 atom stereocenters. The van der Waals surface area contributed by atoms with Crippen molar-refractivity contribution in [2.75, 3.05) is 14.2 Å². The van der Waals surface area contributed by atoms with Crippen molar-refractivity contribution in [1.29, 1.82) is 5.26 Å². The first-order chi connectivity index (χ1) is 13.2. The van der Waals surface area contributed by atoms with Gasteiger partial charge in [-0.25, -0.2) is 0 Å². The molecule has 0 spiro atoms. The summed E-state index contributed by atoms with van der Waals surface area (Å²) in [6.45, 7) is 0. The van der Waals surface area contributed by atoms with E-state index in [0.29, 0.717) is 17.1 Å². The van der Waals surface area contributed by atoms with E-state index in [1.54, 1.807) is 6.07 Å². The number of hydrogen-bond donors (Lipinski definition) is 0. The molecule has 0 saturated heterocycles. The predicted octanol–water partition coefficient (Wildman–Crippen LogP) is 4.62. The molecule has 1 heterocycles. The highest BCUT2D eigenvalue weighted by Crippen LogP contribution is 2.50. The Hall–Kier alpha value is -3.41. The summed E-state index contributed by atoms with van der Waals surface area (Å²) in [5.74, 6) is -0.442. The summed E-state index contributed by atoms with van der Waals surface area (Å²) >= 11 is 0. The van der Waals surface area contributed by atoms with Gasteiger partial charge in [0.05, 0.1) is 20.3 Å². The molecule has 0 aromatic heterocycles. The smallest absolute Gasteiger partial charge is 0.497 e. The Balaban J connectivity index is 2.20. The highest BCUT2D eigenvalue weighted by atomic mass is 19.3. The maximum atomic E-state index is 13.7. The molecule has 0 unspecified atom stereocenters. The van der Waals surface area contributed by atoms with Gasteiger partial charge in [0.15, 0.2) is 11.5 Å². The Morgan fingerprint density at radius 3 is 2.18 bits per heavy atom. The second-order valence-electron chi connectivity index (χ2n) is 5.66. The van der Waals surface area contributed by atoms with Gasteiger partial charge in [0.2, 0.25) is 0 Å². The summed E-state index contributed by atoms with van der Waals surface area (Å²) in [5, 5.41) is 9.17. The number of fused-ring (bicyclic) bond motifs is 1. The van der Waals surface area contributed by atoms with Crippen LogP contribution in [0.4, 0.5) is 17.6 Å². The highest BCUT2D eigenvalue weighted by molar-refractivity contribution is 5.86. The minimum atomic E-state index is -4.89. The molecular formula is C19H13F4NO4. The van der Waals surface area contributed by atoms with Crippen LogP contribution in [0.25, 0.3) is 5.57 Å². The Morgan fingerprint density at radius 1 is 1.00 bits per heavy atom. The van der Waals surface area contributed by atoms with Gasteiger partial charge in [-0.05, 0) is 23.8 Å². The first kappa shape index (κ1) is 19.4. The van der Waals surface area contributed by atoms with Gasteiger partial charge in [0.1, 0.15) is 11.5 Å². The molecule has 5 nitrogen and oxygen atoms in total. The zero-order chi connectivity index (χ0) is 20.5. The van der Waals surface area contributed by atoms with Gasteiger partial charge in [-0.3, -0.25) is 0 Å². The maximum Gasteiger partial charge on any atom is 0.507 e. The summed E-state index contributed by atoms with van der Waals surface area (Å²) in [5.41, 5.74) is 0.445. The number of nitrogens with zero attached hydrogens (tertiary/aromatic N) is 1. The molecule has 146 valence electrons. The van der Waals surface area contributed by atoms with Crippen molar-refractivity contribution in [3.05, 3.63) is 53.6 Å². The minimum Gasteiger partial charge on any atom is -0.497 e. The van der Waals surface area contributed by atoms with E-state index >= 15 is 0 Å². The third-order valence-corrected chi connectivity index (χ3v) is 3.95. The van der Waals surface area contributed by atoms with Crippen LogP contribution in [0.2, 0.25) is 0 Å². The van der Waals surface area contributed by atoms with Crippen LogP contribution in [0, 0.1) is 11.3 Å². The first-order valence-corrected chi connectivity index (χ1v) is 7.82. The van der Waals surface area contributed by atoms with E-state index in [2.05, 4.69) is 9.47 Å². The number of nitriles is 1. The lowest BCUT2D eigenvalue weighted by molar-refractivity contribution is -0.391. The number of allylic oxidation sites excluding steroid dienone is 1. The molecular weight excluding hydrogens is 382 g/mol. The lowest BCUT2D eigenvalue weighted by Crippen LogP contribution is -2.52. The average molecular weight is 395 g/mol. The second kappa shape index (κ2) is 6.96. The number of benzene rings is 2. The summed E-state index contributed by atoms with van der Waals surface area (Å²) in [6, 6.07) is 10.2. The highest BCUT2D eigenvalue weighted by Gasteiger charge is 2.66. The van der Waals surface area contributed by atoms with Crippen LogP contribution in [0.5, 0.6) is 23.0 Å². The van der Waals surface area contributed by atoms with Crippen molar-refractivity contribution in [2.24, 2.45) is 0 Å². The van der Waals surface area contributed by atoms with Gasteiger partial charge in [-0.1, -0.05) is 12.1 Å². The third kappa shape index (κ3) is 3.29. The SMILES string of the molecule is COc1cc(OC)cc(C(=CC#N)c2cccc3c2OC(F)(F)C(F)(F)O3)c1. The number of rotatable bonds is 4. The minimum absolute atomic E-state index is 0.0375. The zero-order valence-electron chi connectivity index (χ0n) is 14.6. The maximum absolute atomic E-state index is 13.7. The number of halogens is 4. The van der Waals surface area contributed by atoms with Crippen molar-refractivity contribution in [3.8, 4) is 29.1 Å². The van der Waals surface area contributed by atoms with E-state index in [9.17, 15) is 22.8 Å². The molecule has 2 aromatic carbocycles. The predicted molar refractivity (Wildman–Crippen MR) is 89.8 cm³/mol. The summed E-state index contributed by atoms with van der Waals surface area (Å²) in [6.07, 6.45) is -8.66. The lowest BCUT2D eigenvalue weighted by Gasteiger charge is -2.33. The van der Waals surface area contributed by atoms with E-state index in [0.717, 1.165) is 12.1 Å². The normalized spacial score (nSPS) is 16.8. The van der Waals surface area contributed by atoms with Crippen LogP contribution in [-0.4, -0.2) is 26.4 Å². The molecule has 0 amide bonds. The van der Waals surface area contributed by atoms with Crippen molar-refractivity contribution in [3.63, 3.8) is 0 Å². The molecule has 1 aliphatic rings. The number of methoxy groups -OCH3 is 2. The van der Waals surface area contributed by atoms with E-state index in [4.69, 9.17) is 9.47 Å². The number of alkyl halides is 4. The van der Waals surface area contributed by atoms with Crippen molar-refractivity contribution in [2.45, 2.75) is 12.2 Å². The van der Waals surface area contributed by atoms with Crippen LogP contribution in [0.15, 0.2) is 42.5 Å². The van der Waals surface area contributed by atoms with Gasteiger partial charge in [0, 0.05) is 23.3 Å². The Bertz CT molecular complexity index is 960. The first-order valence-electron chi connectivity index (χ1n) is 7.82. The molecule has 3 rings (SSSR count). The quantitative estimate of drug-likeness (QED) is 0.559. The lowest BCUT2D eigenvalue weighted by atomic mass is 9.95. The summed E-state index contributed by atoms with van der Waals surface area (Å²) in [4.78, 5) is 0. The van der Waals surface area contributed by atoms with Gasteiger partial charge in [-0.2, -0.15) is 22.8 Å². The fourth-order valence-corrected chi connectivity index (χ4v) is 2.64. The summed E-state index contributed by atoms with van der Waals surface area (Å²) < 4.78 is 73.2. The van der Waals surface area contributed by atoms with Gasteiger partial charge < -0.3 is 18.9 Å². The molecule has 0 radical (unpaired) electrons. The number of hydrogen-bond acceptors (Lipinski definition) is 5. The van der Waals surface area contributed by atoms with Crippen LogP contribution < -0.4 is 18.9 Å². The molecule has 0 saturated carbocycles. The van der Waals surface area contributed by atoms with Crippen molar-refractivity contribution < 1.29 is 36.5 Å². The molecule has 28 heavy (non-hydrogen) atoms. The molecule has 9 heteroatoms. The number of ether oxygens (including phenoxy) is 4. The third-order valence-electron chi connectivity index (χ3n) is 3.95. The van der Waals surface area contributed by atoms with E-state index < -0.39 is 23.7 Å². The van der Waals surface area contributed by atoms with E-state index in [1.165, 1.54) is 38.5 Å². The standard InChI is InChI=1S/C19H13F4NO4/c1-25-12-8-11(9-13(10-12)26-2)14(6-7-24)15-4-3-5-16-17(15)28-19(22,23)18(20,21)27-16/h3-6,8-10H,1-2H3. The van der Waals surface area contributed by atoms with E-state index in [-0.39, 0.29) is 11.1 Å².